The first-order chi connectivity index (χ1) is 10.3. The monoisotopic (exact) mass is 301 g/mol. The van der Waals surface area contributed by atoms with Crippen LogP contribution in [0.25, 0.3) is 0 Å². The zero-order valence-corrected chi connectivity index (χ0v) is 13.6. The fourth-order valence-electron chi connectivity index (χ4n) is 2.81. The van der Waals surface area contributed by atoms with Gasteiger partial charge in [0, 0.05) is 24.2 Å². The zero-order valence-electron chi connectivity index (χ0n) is 12.8. The molecule has 0 radical (unpaired) electrons. The summed E-state index contributed by atoms with van der Waals surface area (Å²) in [7, 11) is 0. The first kappa shape index (κ1) is 14.7. The summed E-state index contributed by atoms with van der Waals surface area (Å²) in [6, 6.07) is 6.98. The molecule has 2 aromatic rings. The molecule has 3 nitrogen and oxygen atoms in total. The molecule has 3 rings (SSSR count). The highest BCUT2D eigenvalue weighted by atomic mass is 32.1. The van der Waals surface area contributed by atoms with E-state index in [9.17, 15) is 0 Å². The Bertz CT molecular complexity index is 606. The van der Waals surface area contributed by atoms with Crippen molar-refractivity contribution in [3.05, 3.63) is 51.0 Å². The van der Waals surface area contributed by atoms with Crippen LogP contribution in [0.15, 0.2) is 24.4 Å². The van der Waals surface area contributed by atoms with Crippen molar-refractivity contribution in [3.8, 4) is 0 Å². The molecule has 112 valence electrons. The van der Waals surface area contributed by atoms with Crippen molar-refractivity contribution in [2.45, 2.75) is 45.8 Å². The van der Waals surface area contributed by atoms with Gasteiger partial charge in [0.1, 0.15) is 5.01 Å². The molecule has 1 aromatic carbocycles. The summed E-state index contributed by atoms with van der Waals surface area (Å²) in [5.41, 5.74) is 4.42. The van der Waals surface area contributed by atoms with Crippen molar-refractivity contribution < 1.29 is 0 Å². The first-order valence-corrected chi connectivity index (χ1v) is 8.58. The quantitative estimate of drug-likeness (QED) is 0.890. The second-order valence-corrected chi connectivity index (χ2v) is 6.75. The van der Waals surface area contributed by atoms with Crippen LogP contribution in [0.4, 0.5) is 0 Å². The smallest absolute Gasteiger partial charge is 0.109 e. The molecule has 1 aromatic heterocycles. The normalized spacial score (nSPS) is 15.7. The third-order valence-corrected chi connectivity index (χ3v) is 5.45. The van der Waals surface area contributed by atoms with Crippen molar-refractivity contribution in [1.29, 1.82) is 0 Å². The van der Waals surface area contributed by atoms with E-state index in [-0.39, 0.29) is 0 Å². The van der Waals surface area contributed by atoms with Gasteiger partial charge >= 0.3 is 0 Å². The lowest BCUT2D eigenvalue weighted by Gasteiger charge is -2.21. The Morgan fingerprint density at radius 3 is 3.14 bits per heavy atom. The maximum atomic E-state index is 4.53. The third kappa shape index (κ3) is 3.34. The van der Waals surface area contributed by atoms with Crippen molar-refractivity contribution in [2.75, 3.05) is 6.54 Å². The Kier molecular flexibility index (Phi) is 4.68. The van der Waals surface area contributed by atoms with Gasteiger partial charge in [0.2, 0.25) is 0 Å². The van der Waals surface area contributed by atoms with E-state index in [4.69, 9.17) is 0 Å². The van der Waals surface area contributed by atoms with E-state index in [1.807, 2.05) is 17.5 Å². The Labute approximate surface area is 130 Å². The molecule has 0 amide bonds. The van der Waals surface area contributed by atoms with Crippen LogP contribution in [0.5, 0.6) is 0 Å². The van der Waals surface area contributed by atoms with Gasteiger partial charge in [-0.3, -0.25) is 0 Å². The number of hydrogen-bond donors (Lipinski definition) is 2. The summed E-state index contributed by atoms with van der Waals surface area (Å²) < 4.78 is 0. The van der Waals surface area contributed by atoms with Crippen LogP contribution in [0.3, 0.4) is 0 Å². The maximum Gasteiger partial charge on any atom is 0.109 e. The summed E-state index contributed by atoms with van der Waals surface area (Å²) in [5, 5.41) is 8.26. The number of fused-ring (bicyclic) bond motifs is 1. The molecule has 21 heavy (non-hydrogen) atoms. The highest BCUT2D eigenvalue weighted by molar-refractivity contribution is 7.11. The minimum Gasteiger partial charge on any atom is -0.312 e. The Hall–Kier alpha value is -1.23. The molecule has 1 atom stereocenters. The fourth-order valence-corrected chi connectivity index (χ4v) is 3.70. The molecular weight excluding hydrogens is 278 g/mol. The number of aryl methyl sites for hydroxylation is 1. The molecule has 2 heterocycles. The van der Waals surface area contributed by atoms with Gasteiger partial charge in [-0.15, -0.1) is 11.3 Å². The molecule has 0 aliphatic carbocycles. The highest BCUT2D eigenvalue weighted by Gasteiger charge is 2.14. The van der Waals surface area contributed by atoms with Gasteiger partial charge in [0.05, 0.1) is 6.04 Å². The van der Waals surface area contributed by atoms with E-state index >= 15 is 0 Å². The molecule has 0 saturated carbocycles. The summed E-state index contributed by atoms with van der Waals surface area (Å²) in [4.78, 5) is 5.90. The molecular formula is C17H23N3S. The molecule has 2 N–H and O–H groups in total. The topological polar surface area (TPSA) is 37.0 Å². The van der Waals surface area contributed by atoms with Gasteiger partial charge in [0.25, 0.3) is 0 Å². The molecule has 1 aliphatic heterocycles. The van der Waals surface area contributed by atoms with Gasteiger partial charge in [-0.2, -0.15) is 0 Å². The lowest BCUT2D eigenvalue weighted by molar-refractivity contribution is 0.563. The van der Waals surface area contributed by atoms with Gasteiger partial charge in [-0.05, 0) is 43.0 Å². The van der Waals surface area contributed by atoms with Gasteiger partial charge in [-0.1, -0.05) is 25.1 Å². The average Bonchev–Trinajstić information content (AvgIpc) is 3.01. The van der Waals surface area contributed by atoms with E-state index in [1.54, 1.807) is 0 Å². The second-order valence-electron chi connectivity index (χ2n) is 5.60. The van der Waals surface area contributed by atoms with Crippen molar-refractivity contribution in [1.82, 2.24) is 15.6 Å². The minimum absolute atomic E-state index is 0.313. The summed E-state index contributed by atoms with van der Waals surface area (Å²) in [6.07, 6.45) is 4.22. The van der Waals surface area contributed by atoms with Gasteiger partial charge in [-0.25, -0.2) is 4.98 Å². The standard InChI is InChI=1S/C17H23N3S/c1-3-15-11-20-17(21-15)12(2)19-10-14-6-4-5-13-9-18-8-7-16(13)14/h4-6,11-12,18-19H,3,7-10H2,1-2H3. The van der Waals surface area contributed by atoms with Crippen LogP contribution in [0.2, 0.25) is 0 Å². The molecule has 0 fully saturated rings. The van der Waals surface area contributed by atoms with Crippen LogP contribution in [0.1, 0.15) is 46.5 Å². The molecule has 1 aliphatic rings. The van der Waals surface area contributed by atoms with Crippen LogP contribution in [-0.4, -0.2) is 11.5 Å². The Balaban J connectivity index is 1.67. The van der Waals surface area contributed by atoms with Crippen LogP contribution in [0, 0.1) is 0 Å². The van der Waals surface area contributed by atoms with Gasteiger partial charge in [0.15, 0.2) is 0 Å². The number of aromatic nitrogens is 1. The molecule has 4 heteroatoms. The lowest BCUT2D eigenvalue weighted by atomic mass is 9.95. The van der Waals surface area contributed by atoms with E-state index in [0.717, 1.165) is 32.5 Å². The minimum atomic E-state index is 0.313. The number of thiazole rings is 1. The summed E-state index contributed by atoms with van der Waals surface area (Å²) in [6.45, 7) is 7.40. The number of rotatable bonds is 5. The molecule has 0 saturated heterocycles. The van der Waals surface area contributed by atoms with E-state index in [1.165, 1.54) is 26.6 Å². The van der Waals surface area contributed by atoms with Crippen molar-refractivity contribution >= 4 is 11.3 Å². The van der Waals surface area contributed by atoms with E-state index in [0.29, 0.717) is 6.04 Å². The summed E-state index contributed by atoms with van der Waals surface area (Å²) in [5.74, 6) is 0. The highest BCUT2D eigenvalue weighted by Crippen LogP contribution is 2.22. The predicted octanol–water partition coefficient (Wildman–Crippen LogP) is 3.20. The van der Waals surface area contributed by atoms with Crippen molar-refractivity contribution in [2.24, 2.45) is 0 Å². The molecule has 0 spiro atoms. The maximum absolute atomic E-state index is 4.53. The van der Waals surface area contributed by atoms with Crippen LogP contribution < -0.4 is 10.6 Å². The van der Waals surface area contributed by atoms with E-state index in [2.05, 4.69) is 47.7 Å². The molecule has 1 unspecified atom stereocenters. The third-order valence-electron chi connectivity index (χ3n) is 4.13. The number of hydrogen-bond acceptors (Lipinski definition) is 4. The average molecular weight is 301 g/mol. The summed E-state index contributed by atoms with van der Waals surface area (Å²) >= 11 is 1.82. The van der Waals surface area contributed by atoms with Crippen molar-refractivity contribution in [3.63, 3.8) is 0 Å². The van der Waals surface area contributed by atoms with Crippen LogP contribution in [-0.2, 0) is 25.9 Å². The number of nitrogens with one attached hydrogen (secondary N) is 2. The number of nitrogens with zero attached hydrogens (tertiary/aromatic N) is 1. The Morgan fingerprint density at radius 2 is 2.33 bits per heavy atom. The SMILES string of the molecule is CCc1cnc(C(C)NCc2cccc3c2CCNC3)s1. The second kappa shape index (κ2) is 6.69. The van der Waals surface area contributed by atoms with E-state index < -0.39 is 0 Å². The fraction of sp³-hybridized carbons (Fsp3) is 0.471. The predicted molar refractivity (Wildman–Crippen MR) is 88.6 cm³/mol. The lowest BCUT2D eigenvalue weighted by Crippen LogP contribution is -2.26. The first-order valence-electron chi connectivity index (χ1n) is 7.76. The number of benzene rings is 1. The molecule has 0 bridgehead atoms. The zero-order chi connectivity index (χ0) is 14.7. The largest absolute Gasteiger partial charge is 0.312 e. The Morgan fingerprint density at radius 1 is 1.43 bits per heavy atom. The van der Waals surface area contributed by atoms with Gasteiger partial charge < -0.3 is 10.6 Å². The van der Waals surface area contributed by atoms with Crippen LogP contribution >= 0.6 is 11.3 Å².